The Labute approximate surface area is 103 Å². The second kappa shape index (κ2) is 4.71. The highest BCUT2D eigenvalue weighted by molar-refractivity contribution is 6.07. The molecule has 4 nitrogen and oxygen atoms in total. The van der Waals surface area contributed by atoms with E-state index in [1.807, 2.05) is 0 Å². The van der Waals surface area contributed by atoms with E-state index in [9.17, 15) is 14.7 Å². The van der Waals surface area contributed by atoms with Crippen molar-refractivity contribution in [1.82, 2.24) is 0 Å². The first-order valence-electron chi connectivity index (χ1n) is 5.26. The van der Waals surface area contributed by atoms with Gasteiger partial charge in [-0.25, -0.2) is 9.59 Å². The van der Waals surface area contributed by atoms with Crippen LogP contribution in [-0.4, -0.2) is 22.2 Å². The van der Waals surface area contributed by atoms with E-state index in [0.717, 1.165) is 0 Å². The van der Waals surface area contributed by atoms with Gasteiger partial charge in [0, 0.05) is 0 Å². The minimum Gasteiger partial charge on any atom is -0.478 e. The molecule has 0 bridgehead atoms. The maximum atomic E-state index is 11.3. The smallest absolute Gasteiger partial charge is 0.337 e. The topological polar surface area (TPSA) is 74.6 Å². The summed E-state index contributed by atoms with van der Waals surface area (Å²) in [5, 5.41) is 18.3. The Kier molecular flexibility index (Phi) is 3.10. The number of carboxylic acid groups (broad SMARTS) is 2. The molecule has 0 saturated carbocycles. The van der Waals surface area contributed by atoms with Crippen molar-refractivity contribution in [3.63, 3.8) is 0 Å². The molecule has 0 aromatic rings. The maximum absolute atomic E-state index is 11.3. The van der Waals surface area contributed by atoms with Crippen LogP contribution in [0.25, 0.3) is 0 Å². The molecule has 0 radical (unpaired) electrons. The third-order valence-electron chi connectivity index (χ3n) is 2.59. The van der Waals surface area contributed by atoms with E-state index in [1.165, 1.54) is 12.2 Å². The van der Waals surface area contributed by atoms with Crippen LogP contribution >= 0.6 is 0 Å². The van der Waals surface area contributed by atoms with Crippen molar-refractivity contribution in [3.05, 3.63) is 70.9 Å². The van der Waals surface area contributed by atoms with Crippen molar-refractivity contribution < 1.29 is 19.8 Å². The van der Waals surface area contributed by atoms with Crippen LogP contribution in [0.3, 0.4) is 0 Å². The second-order valence-electron chi connectivity index (χ2n) is 3.70. The van der Waals surface area contributed by atoms with Gasteiger partial charge in [-0.1, -0.05) is 42.5 Å². The van der Waals surface area contributed by atoms with Gasteiger partial charge >= 0.3 is 11.9 Å². The van der Waals surface area contributed by atoms with E-state index in [4.69, 9.17) is 5.11 Å². The van der Waals surface area contributed by atoms with Crippen LogP contribution < -0.4 is 0 Å². The summed E-state index contributed by atoms with van der Waals surface area (Å²) in [6.45, 7) is 0. The Morgan fingerprint density at radius 3 is 2.28 bits per heavy atom. The van der Waals surface area contributed by atoms with Gasteiger partial charge in [-0.15, -0.1) is 0 Å². The third-order valence-corrected chi connectivity index (χ3v) is 2.59. The first-order chi connectivity index (χ1) is 8.61. The predicted octanol–water partition coefficient (Wildman–Crippen LogP) is 2.00. The molecule has 0 spiro atoms. The first kappa shape index (κ1) is 11.9. The Morgan fingerprint density at radius 1 is 0.833 bits per heavy atom. The normalized spacial score (nSPS) is 17.6. The monoisotopic (exact) mass is 242 g/mol. The average molecular weight is 242 g/mol. The molecule has 18 heavy (non-hydrogen) atoms. The molecular formula is C14H10O4. The Bertz CT molecular complexity index is 595. The van der Waals surface area contributed by atoms with Crippen LogP contribution in [0.1, 0.15) is 0 Å². The fourth-order valence-corrected chi connectivity index (χ4v) is 1.82. The van der Waals surface area contributed by atoms with Gasteiger partial charge in [0.1, 0.15) is 0 Å². The number of carboxylic acids is 2. The van der Waals surface area contributed by atoms with Gasteiger partial charge in [-0.2, -0.15) is 0 Å². The van der Waals surface area contributed by atoms with Gasteiger partial charge in [0.15, 0.2) is 0 Å². The van der Waals surface area contributed by atoms with Crippen LogP contribution in [0.15, 0.2) is 70.9 Å². The summed E-state index contributed by atoms with van der Waals surface area (Å²) in [4.78, 5) is 22.4. The van der Waals surface area contributed by atoms with E-state index in [0.29, 0.717) is 11.1 Å². The molecule has 0 aliphatic heterocycles. The summed E-state index contributed by atoms with van der Waals surface area (Å²) < 4.78 is 0. The first-order valence-corrected chi connectivity index (χ1v) is 5.26. The predicted molar refractivity (Wildman–Crippen MR) is 65.9 cm³/mol. The van der Waals surface area contributed by atoms with Crippen molar-refractivity contribution >= 4 is 11.9 Å². The largest absolute Gasteiger partial charge is 0.478 e. The van der Waals surface area contributed by atoms with E-state index >= 15 is 0 Å². The average Bonchev–Trinajstić information content (AvgIpc) is 2.60. The highest BCUT2D eigenvalue weighted by atomic mass is 16.4. The summed E-state index contributed by atoms with van der Waals surface area (Å²) in [6.07, 6.45) is 13.1. The van der Waals surface area contributed by atoms with Crippen molar-refractivity contribution in [2.45, 2.75) is 0 Å². The lowest BCUT2D eigenvalue weighted by Crippen LogP contribution is -2.13. The molecule has 2 aliphatic rings. The number of allylic oxidation sites excluding steroid dienone is 10. The zero-order valence-corrected chi connectivity index (χ0v) is 9.33. The summed E-state index contributed by atoms with van der Waals surface area (Å²) in [6, 6.07) is 0. The van der Waals surface area contributed by atoms with Crippen molar-refractivity contribution in [3.8, 4) is 0 Å². The standard InChI is InChI=1S/C14H10O4/c15-13(16)11-8-4-6-9-5-2-1-3-7-10(9)12(11)14(17)18/h1-8H,(H,15,16)(H,17,18). The maximum Gasteiger partial charge on any atom is 0.337 e. The second-order valence-corrected chi connectivity index (χ2v) is 3.70. The Morgan fingerprint density at radius 2 is 1.61 bits per heavy atom. The molecule has 2 N–H and O–H groups in total. The van der Waals surface area contributed by atoms with Crippen LogP contribution in [0, 0.1) is 0 Å². The molecule has 4 heteroatoms. The summed E-state index contributed by atoms with van der Waals surface area (Å²) >= 11 is 0. The summed E-state index contributed by atoms with van der Waals surface area (Å²) in [5.74, 6) is -2.50. The minimum absolute atomic E-state index is 0.196. The van der Waals surface area contributed by atoms with Gasteiger partial charge in [-0.05, 0) is 17.2 Å². The molecule has 90 valence electrons. The van der Waals surface area contributed by atoms with E-state index in [1.54, 1.807) is 36.5 Å². The highest BCUT2D eigenvalue weighted by Gasteiger charge is 2.25. The quantitative estimate of drug-likeness (QED) is 0.776. The van der Waals surface area contributed by atoms with E-state index < -0.39 is 11.9 Å². The van der Waals surface area contributed by atoms with Crippen LogP contribution in [0.5, 0.6) is 0 Å². The molecular weight excluding hydrogens is 232 g/mol. The molecule has 0 aromatic heterocycles. The van der Waals surface area contributed by atoms with Gasteiger partial charge in [0.2, 0.25) is 0 Å². The number of carbonyl (C=O) groups is 2. The fraction of sp³-hybridized carbons (Fsp3) is 0. The number of hydrogen-bond acceptors (Lipinski definition) is 2. The van der Waals surface area contributed by atoms with E-state index in [2.05, 4.69) is 0 Å². The van der Waals surface area contributed by atoms with Crippen molar-refractivity contribution in [2.24, 2.45) is 0 Å². The third kappa shape index (κ3) is 2.08. The minimum atomic E-state index is -1.25. The van der Waals surface area contributed by atoms with Gasteiger partial charge in [0.25, 0.3) is 0 Å². The van der Waals surface area contributed by atoms with Crippen LogP contribution in [0.4, 0.5) is 0 Å². The molecule has 0 fully saturated rings. The lowest BCUT2D eigenvalue weighted by molar-refractivity contribution is -0.136. The molecule has 0 saturated heterocycles. The summed E-state index contributed by atoms with van der Waals surface area (Å²) in [7, 11) is 0. The summed E-state index contributed by atoms with van der Waals surface area (Å²) in [5.41, 5.74) is 0.655. The van der Waals surface area contributed by atoms with Crippen LogP contribution in [-0.2, 0) is 9.59 Å². The molecule has 0 aromatic carbocycles. The molecule has 0 unspecified atom stereocenters. The molecule has 2 aliphatic carbocycles. The van der Waals surface area contributed by atoms with Gasteiger partial charge < -0.3 is 10.2 Å². The number of hydrogen-bond donors (Lipinski definition) is 2. The highest BCUT2D eigenvalue weighted by Crippen LogP contribution is 2.28. The Balaban J connectivity index is 2.74. The fourth-order valence-electron chi connectivity index (χ4n) is 1.82. The van der Waals surface area contributed by atoms with E-state index in [-0.39, 0.29) is 11.1 Å². The van der Waals surface area contributed by atoms with Crippen LogP contribution in [0.2, 0.25) is 0 Å². The van der Waals surface area contributed by atoms with Crippen molar-refractivity contribution in [2.75, 3.05) is 0 Å². The number of aliphatic carboxylic acids is 2. The van der Waals surface area contributed by atoms with Gasteiger partial charge in [-0.3, -0.25) is 0 Å². The lowest BCUT2D eigenvalue weighted by Gasteiger charge is -2.08. The zero-order valence-electron chi connectivity index (χ0n) is 9.33. The molecule has 2 rings (SSSR count). The van der Waals surface area contributed by atoms with Crippen molar-refractivity contribution in [1.29, 1.82) is 0 Å². The lowest BCUT2D eigenvalue weighted by atomic mass is 9.96. The number of fused-ring (bicyclic) bond motifs is 1. The van der Waals surface area contributed by atoms with Gasteiger partial charge in [0.05, 0.1) is 11.1 Å². The SMILES string of the molecule is O=C(O)C1=CC=CC2=CC=CC=CC2=C1C(=O)O. The molecule has 0 atom stereocenters. The molecule has 0 heterocycles. The number of rotatable bonds is 2. The Hall–Kier alpha value is -2.62. The molecule has 0 amide bonds. The zero-order chi connectivity index (χ0) is 13.1.